The lowest BCUT2D eigenvalue weighted by atomic mass is 10.1. The van der Waals surface area contributed by atoms with Gasteiger partial charge in [0.05, 0.1) is 0 Å². The van der Waals surface area contributed by atoms with E-state index in [1.54, 1.807) is 0 Å². The maximum absolute atomic E-state index is 10.4. The molecule has 1 atom stereocenters. The first-order valence-electron chi connectivity index (χ1n) is 4.00. The average Bonchev–Trinajstić information content (AvgIpc) is 2.11. The van der Waals surface area contributed by atoms with E-state index in [4.69, 9.17) is 21.1 Å². The smallest absolute Gasteiger partial charge is 0.320 e. The first-order valence-corrected chi connectivity index (χ1v) is 4.00. The highest BCUT2D eigenvalue weighted by Gasteiger charge is 2.12. The number of carboxylic acids is 1. The third-order valence-electron chi connectivity index (χ3n) is 1.81. The number of phenolic OH excluding ortho intramolecular Hbond substituents is 2. The Morgan fingerprint density at radius 2 is 1.93 bits per heavy atom. The van der Waals surface area contributed by atoms with Crippen molar-refractivity contribution in [1.29, 1.82) is 0 Å². The van der Waals surface area contributed by atoms with E-state index in [0.717, 1.165) is 0 Å². The van der Waals surface area contributed by atoms with E-state index in [-0.39, 0.29) is 25.3 Å². The van der Waals surface area contributed by atoms with Crippen molar-refractivity contribution >= 4 is 5.97 Å². The number of phenols is 2. The van der Waals surface area contributed by atoms with Gasteiger partial charge in [0.2, 0.25) is 0 Å². The van der Waals surface area contributed by atoms with Crippen LogP contribution < -0.4 is 5.73 Å². The highest BCUT2D eigenvalue weighted by atomic mass is 16.4. The summed E-state index contributed by atoms with van der Waals surface area (Å²) < 4.78 is 0. The fourth-order valence-corrected chi connectivity index (χ4v) is 1.04. The predicted octanol–water partition coefficient (Wildman–Crippen LogP) is 0.688. The molecule has 15 heavy (non-hydrogen) atoms. The Labute approximate surface area is 87.8 Å². The Balaban J connectivity index is 0.00000196. The van der Waals surface area contributed by atoms with Gasteiger partial charge >= 0.3 is 5.97 Å². The lowest BCUT2D eigenvalue weighted by molar-refractivity contribution is -0.138. The number of carbonyl (C=O) groups is 1. The number of rotatable bonds is 3. The molecule has 0 amide bonds. The van der Waals surface area contributed by atoms with Gasteiger partial charge in [0.25, 0.3) is 0 Å². The molecule has 0 spiro atoms. The standard InChI is InChI=1S/C9H11NO4.CH4/c10-6(9(13)14)3-5-1-2-7(11)8(12)4-5;/h1-2,4,6,11-12H,3,10H2,(H,13,14);1H4. The second-order valence-corrected chi connectivity index (χ2v) is 2.97. The summed E-state index contributed by atoms with van der Waals surface area (Å²) in [5.74, 6) is -1.62. The molecule has 84 valence electrons. The fourth-order valence-electron chi connectivity index (χ4n) is 1.04. The van der Waals surface area contributed by atoms with E-state index in [0.29, 0.717) is 5.56 Å². The van der Waals surface area contributed by atoms with Crippen LogP contribution in [-0.4, -0.2) is 27.3 Å². The molecule has 0 aliphatic heterocycles. The molecule has 5 nitrogen and oxygen atoms in total. The molecule has 5 heteroatoms. The maximum Gasteiger partial charge on any atom is 0.320 e. The summed E-state index contributed by atoms with van der Waals surface area (Å²) in [6.45, 7) is 0. The van der Waals surface area contributed by atoms with Crippen molar-refractivity contribution in [2.45, 2.75) is 19.9 Å². The highest BCUT2D eigenvalue weighted by Crippen LogP contribution is 2.25. The van der Waals surface area contributed by atoms with Gasteiger partial charge in [-0.05, 0) is 24.1 Å². The first-order chi connectivity index (χ1) is 6.50. The zero-order valence-corrected chi connectivity index (χ0v) is 7.34. The lowest BCUT2D eigenvalue weighted by Crippen LogP contribution is -2.32. The van der Waals surface area contributed by atoms with Crippen LogP contribution in [0, 0.1) is 0 Å². The van der Waals surface area contributed by atoms with Crippen LogP contribution in [0.25, 0.3) is 0 Å². The van der Waals surface area contributed by atoms with Crippen molar-refractivity contribution in [2.75, 3.05) is 0 Å². The molecule has 1 rings (SSSR count). The Kier molecular flexibility index (Phi) is 4.60. The molecule has 0 saturated heterocycles. The van der Waals surface area contributed by atoms with Crippen molar-refractivity contribution in [1.82, 2.24) is 0 Å². The Hall–Kier alpha value is -1.75. The molecular weight excluding hydrogens is 198 g/mol. The van der Waals surface area contributed by atoms with Crippen molar-refractivity contribution in [3.63, 3.8) is 0 Å². The number of hydrogen-bond donors (Lipinski definition) is 4. The van der Waals surface area contributed by atoms with Crippen molar-refractivity contribution < 1.29 is 20.1 Å². The minimum atomic E-state index is -1.10. The molecule has 0 radical (unpaired) electrons. The summed E-state index contributed by atoms with van der Waals surface area (Å²) in [5, 5.41) is 26.6. The minimum Gasteiger partial charge on any atom is -0.504 e. The van der Waals surface area contributed by atoms with E-state index >= 15 is 0 Å². The largest absolute Gasteiger partial charge is 0.504 e. The van der Waals surface area contributed by atoms with Gasteiger partial charge in [-0.3, -0.25) is 4.79 Å². The number of aromatic hydroxyl groups is 2. The SMILES string of the molecule is C.NC(Cc1ccc(O)c(O)c1)C(=O)O. The maximum atomic E-state index is 10.4. The second kappa shape index (κ2) is 5.21. The predicted molar refractivity (Wildman–Crippen MR) is 55.8 cm³/mol. The highest BCUT2D eigenvalue weighted by molar-refractivity contribution is 5.73. The van der Waals surface area contributed by atoms with E-state index in [1.165, 1.54) is 18.2 Å². The van der Waals surface area contributed by atoms with Gasteiger partial charge in [-0.2, -0.15) is 0 Å². The summed E-state index contributed by atoms with van der Waals surface area (Å²) in [5.41, 5.74) is 5.86. The third kappa shape index (κ3) is 3.47. The molecule has 0 aliphatic rings. The molecule has 1 unspecified atom stereocenters. The third-order valence-corrected chi connectivity index (χ3v) is 1.81. The Morgan fingerprint density at radius 3 is 2.40 bits per heavy atom. The molecule has 1 aromatic carbocycles. The number of hydrogen-bond acceptors (Lipinski definition) is 4. The van der Waals surface area contributed by atoms with Crippen LogP contribution in [0.4, 0.5) is 0 Å². The van der Waals surface area contributed by atoms with E-state index < -0.39 is 12.0 Å². The van der Waals surface area contributed by atoms with Crippen LogP contribution >= 0.6 is 0 Å². The Bertz CT molecular complexity index is 351. The first kappa shape index (κ1) is 13.2. The summed E-state index contributed by atoms with van der Waals surface area (Å²) >= 11 is 0. The zero-order valence-electron chi connectivity index (χ0n) is 7.34. The van der Waals surface area contributed by atoms with Crippen LogP contribution in [0.3, 0.4) is 0 Å². The molecule has 0 fully saturated rings. The summed E-state index contributed by atoms with van der Waals surface area (Å²) in [6, 6.07) is 3.09. The zero-order chi connectivity index (χ0) is 10.7. The summed E-state index contributed by atoms with van der Waals surface area (Å²) in [4.78, 5) is 10.4. The van der Waals surface area contributed by atoms with Crippen LogP contribution in [0.1, 0.15) is 13.0 Å². The average molecular weight is 213 g/mol. The molecular formula is C10H15NO4. The monoisotopic (exact) mass is 213 g/mol. The van der Waals surface area contributed by atoms with Crippen molar-refractivity contribution in [3.05, 3.63) is 23.8 Å². The van der Waals surface area contributed by atoms with Crippen LogP contribution in [0.5, 0.6) is 11.5 Å². The lowest BCUT2D eigenvalue weighted by Gasteiger charge is -2.06. The minimum absolute atomic E-state index is 0. The van der Waals surface area contributed by atoms with Gasteiger partial charge in [0, 0.05) is 0 Å². The molecule has 0 heterocycles. The van der Waals surface area contributed by atoms with E-state index in [2.05, 4.69) is 0 Å². The van der Waals surface area contributed by atoms with Gasteiger partial charge in [0.1, 0.15) is 6.04 Å². The van der Waals surface area contributed by atoms with Gasteiger partial charge in [-0.25, -0.2) is 0 Å². The molecule has 1 aromatic rings. The van der Waals surface area contributed by atoms with Gasteiger partial charge in [0.15, 0.2) is 11.5 Å². The molecule has 0 bridgehead atoms. The normalized spacial score (nSPS) is 11.5. The molecule has 0 aliphatic carbocycles. The number of nitrogens with two attached hydrogens (primary N) is 1. The Morgan fingerprint density at radius 1 is 1.33 bits per heavy atom. The molecule has 0 saturated carbocycles. The summed E-state index contributed by atoms with van der Waals surface area (Å²) in [7, 11) is 0. The van der Waals surface area contributed by atoms with Crippen molar-refractivity contribution in [2.24, 2.45) is 5.73 Å². The van der Waals surface area contributed by atoms with Gasteiger partial charge in [-0.15, -0.1) is 0 Å². The van der Waals surface area contributed by atoms with Gasteiger partial charge in [-0.1, -0.05) is 13.5 Å². The topological polar surface area (TPSA) is 104 Å². The van der Waals surface area contributed by atoms with Crippen molar-refractivity contribution in [3.8, 4) is 11.5 Å². The number of carboxylic acid groups (broad SMARTS) is 1. The van der Waals surface area contributed by atoms with Crippen LogP contribution in [0.2, 0.25) is 0 Å². The fraction of sp³-hybridized carbons (Fsp3) is 0.300. The van der Waals surface area contributed by atoms with Crippen LogP contribution in [0.15, 0.2) is 18.2 Å². The van der Waals surface area contributed by atoms with Crippen LogP contribution in [-0.2, 0) is 11.2 Å². The number of benzene rings is 1. The number of aliphatic carboxylic acids is 1. The second-order valence-electron chi connectivity index (χ2n) is 2.97. The quantitative estimate of drug-likeness (QED) is 0.553. The van der Waals surface area contributed by atoms with Gasteiger partial charge < -0.3 is 21.1 Å². The van der Waals surface area contributed by atoms with E-state index in [1.807, 2.05) is 0 Å². The summed E-state index contributed by atoms with van der Waals surface area (Å²) in [6.07, 6.45) is 0.114. The van der Waals surface area contributed by atoms with E-state index in [9.17, 15) is 4.79 Å². The molecule has 0 aromatic heterocycles. The molecule has 5 N–H and O–H groups in total.